The molecule has 0 saturated carbocycles. The Kier molecular flexibility index (Phi) is 6.37. The predicted octanol–water partition coefficient (Wildman–Crippen LogP) is 5.13. The van der Waals surface area contributed by atoms with Crippen molar-refractivity contribution in [2.75, 3.05) is 11.9 Å². The van der Waals surface area contributed by atoms with E-state index in [0.29, 0.717) is 34.4 Å². The third-order valence-corrected chi connectivity index (χ3v) is 7.07. The Bertz CT molecular complexity index is 1630. The summed E-state index contributed by atoms with van der Waals surface area (Å²) in [5.41, 5.74) is 0.700. The van der Waals surface area contributed by atoms with Gasteiger partial charge in [-0.1, -0.05) is 32.9 Å². The van der Waals surface area contributed by atoms with Gasteiger partial charge in [0, 0.05) is 35.7 Å². The van der Waals surface area contributed by atoms with Gasteiger partial charge in [0.1, 0.15) is 10.9 Å². The average Bonchev–Trinajstić information content (AvgIpc) is 3.14. The molecular formula is C28H30F3N7O. The number of nitrogens with one attached hydrogen (secondary N) is 2. The van der Waals surface area contributed by atoms with E-state index in [1.807, 2.05) is 6.07 Å². The molecule has 0 bridgehead atoms. The number of nitrogens with zero attached hydrogens (tertiary/aromatic N) is 5. The van der Waals surface area contributed by atoms with Gasteiger partial charge in [0.15, 0.2) is 5.65 Å². The molecule has 11 heteroatoms. The van der Waals surface area contributed by atoms with Crippen LogP contribution in [0.15, 0.2) is 60.2 Å². The lowest BCUT2D eigenvalue weighted by atomic mass is 9.83. The first-order chi connectivity index (χ1) is 18.3. The van der Waals surface area contributed by atoms with E-state index in [4.69, 9.17) is 0 Å². The first kappa shape index (κ1) is 26.6. The van der Waals surface area contributed by atoms with E-state index in [1.54, 1.807) is 35.2 Å². The van der Waals surface area contributed by atoms with Crippen LogP contribution in [0.3, 0.4) is 0 Å². The molecule has 204 valence electrons. The summed E-state index contributed by atoms with van der Waals surface area (Å²) in [4.78, 5) is 26.7. The van der Waals surface area contributed by atoms with Crippen LogP contribution in [0.5, 0.6) is 0 Å². The van der Waals surface area contributed by atoms with Gasteiger partial charge >= 0.3 is 6.18 Å². The first-order valence-electron chi connectivity index (χ1n) is 12.6. The molecule has 1 atom stereocenters. The molecule has 0 amide bonds. The maximum atomic E-state index is 13.8. The summed E-state index contributed by atoms with van der Waals surface area (Å²) in [6, 6.07) is 8.48. The van der Waals surface area contributed by atoms with Crippen molar-refractivity contribution in [2.24, 2.45) is 0 Å². The number of hydrogen-bond donors (Lipinski definition) is 2. The van der Waals surface area contributed by atoms with Gasteiger partial charge in [-0.15, -0.1) is 6.58 Å². The quantitative estimate of drug-likeness (QED) is 0.343. The van der Waals surface area contributed by atoms with Gasteiger partial charge in [0.25, 0.3) is 5.56 Å². The summed E-state index contributed by atoms with van der Waals surface area (Å²) in [6.45, 7) is 11.6. The maximum Gasteiger partial charge on any atom is 0.410 e. The van der Waals surface area contributed by atoms with Crippen LogP contribution >= 0.6 is 0 Å². The summed E-state index contributed by atoms with van der Waals surface area (Å²) in [5.74, 6) is 0.213. The van der Waals surface area contributed by atoms with Crippen LogP contribution < -0.4 is 16.2 Å². The molecule has 8 nitrogen and oxygen atoms in total. The number of anilines is 2. The minimum absolute atomic E-state index is 0.200. The molecule has 1 aliphatic rings. The highest BCUT2D eigenvalue weighted by Crippen LogP contribution is 2.42. The number of benzene rings is 1. The van der Waals surface area contributed by atoms with Crippen molar-refractivity contribution in [3.63, 3.8) is 0 Å². The SMILES string of the molecule is C=CCn1c(=O)c2cnc(Nc3ccc4c(c3)CCNC4(C)C(F)(F)F)nc2n1-c1ccnc(C(C)(C)C)c1. The molecule has 39 heavy (non-hydrogen) atoms. The van der Waals surface area contributed by atoms with Gasteiger partial charge in [-0.2, -0.15) is 18.2 Å². The monoisotopic (exact) mass is 537 g/mol. The molecule has 0 saturated heterocycles. The summed E-state index contributed by atoms with van der Waals surface area (Å²) in [5, 5.41) is 6.05. The average molecular weight is 538 g/mol. The Morgan fingerprint density at radius 3 is 2.64 bits per heavy atom. The van der Waals surface area contributed by atoms with Crippen molar-refractivity contribution in [2.45, 2.75) is 57.8 Å². The minimum atomic E-state index is -4.44. The summed E-state index contributed by atoms with van der Waals surface area (Å²) < 4.78 is 44.7. The smallest absolute Gasteiger partial charge is 0.324 e. The number of halogens is 3. The second kappa shape index (κ2) is 9.33. The number of aromatic nitrogens is 5. The Hall–Kier alpha value is -3.99. The molecule has 3 aromatic heterocycles. The lowest BCUT2D eigenvalue weighted by Crippen LogP contribution is -2.55. The minimum Gasteiger partial charge on any atom is -0.324 e. The number of rotatable bonds is 5. The van der Waals surface area contributed by atoms with Crippen LogP contribution in [0.1, 0.15) is 44.5 Å². The van der Waals surface area contributed by atoms with E-state index in [9.17, 15) is 18.0 Å². The molecule has 4 aromatic rings. The van der Waals surface area contributed by atoms with Gasteiger partial charge in [-0.3, -0.25) is 15.1 Å². The fourth-order valence-corrected chi connectivity index (χ4v) is 4.89. The predicted molar refractivity (Wildman–Crippen MR) is 145 cm³/mol. The largest absolute Gasteiger partial charge is 0.410 e. The zero-order chi connectivity index (χ0) is 28.2. The number of hydrogen-bond acceptors (Lipinski definition) is 6. The van der Waals surface area contributed by atoms with Gasteiger partial charge in [-0.05, 0) is 48.7 Å². The Labute approximate surface area is 223 Å². The lowest BCUT2D eigenvalue weighted by Gasteiger charge is -2.38. The van der Waals surface area contributed by atoms with E-state index in [-0.39, 0.29) is 35.6 Å². The fraction of sp³-hybridized carbons (Fsp3) is 0.357. The van der Waals surface area contributed by atoms with Gasteiger partial charge in [-0.25, -0.2) is 14.3 Å². The second-order valence-corrected chi connectivity index (χ2v) is 10.9. The Morgan fingerprint density at radius 2 is 1.95 bits per heavy atom. The van der Waals surface area contributed by atoms with E-state index in [0.717, 1.165) is 12.6 Å². The topological polar surface area (TPSA) is 89.7 Å². The molecule has 0 fully saturated rings. The number of allylic oxidation sites excluding steroid dienone is 1. The molecule has 2 N–H and O–H groups in total. The number of pyridine rings is 1. The summed E-state index contributed by atoms with van der Waals surface area (Å²) in [6.07, 6.45) is 0.803. The normalized spacial score (nSPS) is 17.7. The molecule has 0 aliphatic carbocycles. The molecule has 5 rings (SSSR count). The van der Waals surface area contributed by atoms with Crippen LogP contribution in [-0.4, -0.2) is 37.0 Å². The maximum absolute atomic E-state index is 13.8. The standard InChI is InChI=1S/C28H30F3N7O/c1-6-13-37-24(39)20-16-33-25(36-23(20)38(37)19-10-11-32-22(15-19)26(2,3)4)35-18-7-8-21-17(14-18)9-12-34-27(21,5)28(29,30)31/h6-8,10-11,14-16,34H,1,9,12-13H2,2-5H3,(H,33,35,36). The van der Waals surface area contributed by atoms with Crippen molar-refractivity contribution in [3.05, 3.63) is 82.6 Å². The van der Waals surface area contributed by atoms with Gasteiger partial charge in [0.2, 0.25) is 5.95 Å². The van der Waals surface area contributed by atoms with Crippen molar-refractivity contribution < 1.29 is 13.2 Å². The Morgan fingerprint density at radius 1 is 1.18 bits per heavy atom. The van der Waals surface area contributed by atoms with E-state index in [2.05, 4.69) is 52.9 Å². The van der Waals surface area contributed by atoms with Gasteiger partial charge < -0.3 is 5.32 Å². The summed E-state index contributed by atoms with van der Waals surface area (Å²) in [7, 11) is 0. The van der Waals surface area contributed by atoms with E-state index >= 15 is 0 Å². The lowest BCUT2D eigenvalue weighted by molar-refractivity contribution is -0.196. The number of fused-ring (bicyclic) bond motifs is 2. The highest BCUT2D eigenvalue weighted by Gasteiger charge is 2.54. The molecule has 1 aliphatic heterocycles. The molecule has 0 radical (unpaired) electrons. The van der Waals surface area contributed by atoms with Crippen LogP contribution in [0.4, 0.5) is 24.8 Å². The highest BCUT2D eigenvalue weighted by molar-refractivity contribution is 5.77. The zero-order valence-corrected chi connectivity index (χ0v) is 22.2. The first-order valence-corrected chi connectivity index (χ1v) is 12.6. The molecule has 4 heterocycles. The fourth-order valence-electron chi connectivity index (χ4n) is 4.89. The summed E-state index contributed by atoms with van der Waals surface area (Å²) >= 11 is 0. The Balaban J connectivity index is 1.58. The van der Waals surface area contributed by atoms with Crippen molar-refractivity contribution in [3.8, 4) is 5.69 Å². The van der Waals surface area contributed by atoms with Gasteiger partial charge in [0.05, 0.1) is 12.2 Å². The van der Waals surface area contributed by atoms with Crippen molar-refractivity contribution in [1.29, 1.82) is 0 Å². The molecule has 1 aromatic carbocycles. The zero-order valence-electron chi connectivity index (χ0n) is 22.2. The van der Waals surface area contributed by atoms with Crippen molar-refractivity contribution in [1.82, 2.24) is 29.6 Å². The highest BCUT2D eigenvalue weighted by atomic mass is 19.4. The molecular weight excluding hydrogens is 507 g/mol. The van der Waals surface area contributed by atoms with E-state index in [1.165, 1.54) is 16.9 Å². The van der Waals surface area contributed by atoms with Crippen molar-refractivity contribution >= 4 is 22.7 Å². The second-order valence-electron chi connectivity index (χ2n) is 10.9. The third-order valence-electron chi connectivity index (χ3n) is 7.07. The number of alkyl halides is 3. The molecule has 1 unspecified atom stereocenters. The van der Waals surface area contributed by atoms with Crippen LogP contribution in [0, 0.1) is 0 Å². The van der Waals surface area contributed by atoms with Crippen LogP contribution in [0.2, 0.25) is 0 Å². The molecule has 0 spiro atoms. The van der Waals surface area contributed by atoms with E-state index < -0.39 is 11.7 Å². The third kappa shape index (κ3) is 4.60. The van der Waals surface area contributed by atoms with Crippen LogP contribution in [0.25, 0.3) is 16.7 Å². The van der Waals surface area contributed by atoms with Crippen LogP contribution in [-0.2, 0) is 23.9 Å².